The van der Waals surface area contributed by atoms with E-state index in [1.807, 2.05) is 24.3 Å². The second kappa shape index (κ2) is 5.29. The van der Waals surface area contributed by atoms with Crippen molar-refractivity contribution in [2.75, 3.05) is 12.4 Å². The molecule has 4 heteroatoms. The molecule has 0 heterocycles. The Labute approximate surface area is 107 Å². The van der Waals surface area contributed by atoms with Gasteiger partial charge in [0.15, 0.2) is 0 Å². The molecule has 0 atom stereocenters. The Bertz CT molecular complexity index is 425. The topological polar surface area (TPSA) is 61.4 Å². The Morgan fingerprint density at radius 2 is 1.94 bits per heavy atom. The molecule has 0 aromatic heterocycles. The molecule has 1 aromatic carbocycles. The van der Waals surface area contributed by atoms with Gasteiger partial charge in [0.25, 0.3) is 0 Å². The molecular formula is C14H18NO3-. The molecule has 98 valence electrons. The molecule has 1 fully saturated rings. The molecular weight excluding hydrogens is 230 g/mol. The van der Waals surface area contributed by atoms with Crippen LogP contribution in [-0.2, 0) is 4.79 Å². The predicted molar refractivity (Wildman–Crippen MR) is 67.4 cm³/mol. The number of aliphatic carboxylic acids is 1. The van der Waals surface area contributed by atoms with Crippen LogP contribution in [0, 0.1) is 0 Å². The number of carboxylic acids is 1. The molecule has 1 aromatic rings. The molecule has 0 bridgehead atoms. The molecule has 0 saturated heterocycles. The third kappa shape index (κ3) is 2.42. The average Bonchev–Trinajstić information content (AvgIpc) is 2.40. The van der Waals surface area contributed by atoms with Crippen LogP contribution in [0.2, 0.25) is 0 Å². The summed E-state index contributed by atoms with van der Waals surface area (Å²) in [4.78, 5) is 11.5. The minimum absolute atomic E-state index is 0.605. The summed E-state index contributed by atoms with van der Waals surface area (Å²) >= 11 is 0. The van der Waals surface area contributed by atoms with E-state index in [2.05, 4.69) is 5.32 Å². The number of benzene rings is 1. The quantitative estimate of drug-likeness (QED) is 0.878. The van der Waals surface area contributed by atoms with Crippen LogP contribution in [-0.4, -0.2) is 18.6 Å². The number of rotatable bonds is 4. The van der Waals surface area contributed by atoms with Crippen LogP contribution in [0.15, 0.2) is 24.3 Å². The fourth-order valence-corrected chi connectivity index (χ4v) is 2.54. The largest absolute Gasteiger partial charge is 0.548 e. The third-order valence-corrected chi connectivity index (χ3v) is 3.58. The van der Waals surface area contributed by atoms with E-state index in [-0.39, 0.29) is 0 Å². The lowest BCUT2D eigenvalue weighted by atomic mass is 9.81. The first-order valence-electron chi connectivity index (χ1n) is 6.31. The molecule has 1 aliphatic carbocycles. The van der Waals surface area contributed by atoms with E-state index in [9.17, 15) is 9.90 Å². The molecule has 0 radical (unpaired) electrons. The van der Waals surface area contributed by atoms with Crippen molar-refractivity contribution >= 4 is 11.7 Å². The summed E-state index contributed by atoms with van der Waals surface area (Å²) < 4.78 is 5.24. The zero-order valence-corrected chi connectivity index (χ0v) is 10.6. The van der Waals surface area contributed by atoms with E-state index in [0.717, 1.165) is 19.3 Å². The lowest BCUT2D eigenvalue weighted by Gasteiger charge is -2.40. The van der Waals surface area contributed by atoms with E-state index >= 15 is 0 Å². The van der Waals surface area contributed by atoms with Crippen molar-refractivity contribution in [3.05, 3.63) is 24.3 Å². The molecule has 1 N–H and O–H groups in total. The molecule has 0 unspecified atom stereocenters. The van der Waals surface area contributed by atoms with Gasteiger partial charge in [-0.15, -0.1) is 0 Å². The summed E-state index contributed by atoms with van der Waals surface area (Å²) in [5, 5.41) is 14.6. The number of hydrogen-bond donors (Lipinski definition) is 1. The first-order valence-corrected chi connectivity index (χ1v) is 6.31. The summed E-state index contributed by atoms with van der Waals surface area (Å²) in [6, 6.07) is 7.36. The first kappa shape index (κ1) is 12.7. The number of carbonyl (C=O) groups excluding carboxylic acids is 1. The maximum Gasteiger partial charge on any atom is 0.141 e. The van der Waals surface area contributed by atoms with Crippen LogP contribution in [0.3, 0.4) is 0 Å². The van der Waals surface area contributed by atoms with Crippen molar-refractivity contribution in [2.24, 2.45) is 0 Å². The van der Waals surface area contributed by atoms with Crippen molar-refractivity contribution in [3.8, 4) is 5.75 Å². The van der Waals surface area contributed by atoms with Crippen LogP contribution in [0.25, 0.3) is 0 Å². The Balaban J connectivity index is 2.26. The van der Waals surface area contributed by atoms with Gasteiger partial charge in [-0.05, 0) is 25.0 Å². The summed E-state index contributed by atoms with van der Waals surface area (Å²) in [6.45, 7) is 0. The Kier molecular flexibility index (Phi) is 3.75. The summed E-state index contributed by atoms with van der Waals surface area (Å²) in [6.07, 6.45) is 4.12. The van der Waals surface area contributed by atoms with Gasteiger partial charge in [0.05, 0.1) is 24.3 Å². The number of hydrogen-bond acceptors (Lipinski definition) is 4. The summed E-state index contributed by atoms with van der Waals surface area (Å²) in [5.74, 6) is -0.364. The number of nitrogens with one attached hydrogen (secondary N) is 1. The number of carboxylic acid groups (broad SMARTS) is 1. The van der Waals surface area contributed by atoms with E-state index in [1.54, 1.807) is 7.11 Å². The van der Waals surface area contributed by atoms with Crippen molar-refractivity contribution in [2.45, 2.75) is 37.6 Å². The molecule has 1 aliphatic rings. The van der Waals surface area contributed by atoms with Gasteiger partial charge >= 0.3 is 0 Å². The van der Waals surface area contributed by atoms with Gasteiger partial charge in [-0.25, -0.2) is 0 Å². The van der Waals surface area contributed by atoms with Crippen LogP contribution in [0.1, 0.15) is 32.1 Å². The van der Waals surface area contributed by atoms with Gasteiger partial charge in [0.1, 0.15) is 5.75 Å². The highest BCUT2D eigenvalue weighted by atomic mass is 16.5. The number of para-hydroxylation sites is 2. The molecule has 0 amide bonds. The van der Waals surface area contributed by atoms with E-state index in [4.69, 9.17) is 4.74 Å². The maximum absolute atomic E-state index is 11.5. The second-order valence-corrected chi connectivity index (χ2v) is 4.76. The number of ether oxygens (including phenoxy) is 1. The van der Waals surface area contributed by atoms with Crippen molar-refractivity contribution < 1.29 is 14.6 Å². The monoisotopic (exact) mass is 248 g/mol. The SMILES string of the molecule is COc1ccccc1NC1(C(=O)[O-])CCCCC1. The minimum atomic E-state index is -1.02. The summed E-state index contributed by atoms with van der Waals surface area (Å²) in [7, 11) is 1.58. The average molecular weight is 248 g/mol. The van der Waals surface area contributed by atoms with E-state index < -0.39 is 11.5 Å². The van der Waals surface area contributed by atoms with Gasteiger partial charge in [-0.3, -0.25) is 0 Å². The van der Waals surface area contributed by atoms with Crippen LogP contribution in [0.4, 0.5) is 5.69 Å². The van der Waals surface area contributed by atoms with Crippen molar-refractivity contribution in [3.63, 3.8) is 0 Å². The van der Waals surface area contributed by atoms with Gasteiger partial charge < -0.3 is 20.0 Å². The number of carbonyl (C=O) groups is 1. The Morgan fingerprint density at radius 3 is 2.56 bits per heavy atom. The van der Waals surface area contributed by atoms with Crippen LogP contribution in [0.5, 0.6) is 5.75 Å². The number of anilines is 1. The van der Waals surface area contributed by atoms with Gasteiger partial charge in [-0.1, -0.05) is 31.4 Å². The smallest absolute Gasteiger partial charge is 0.141 e. The van der Waals surface area contributed by atoms with Gasteiger partial charge in [-0.2, -0.15) is 0 Å². The first-order chi connectivity index (χ1) is 8.68. The fraction of sp³-hybridized carbons (Fsp3) is 0.500. The van der Waals surface area contributed by atoms with E-state index in [1.165, 1.54) is 0 Å². The van der Waals surface area contributed by atoms with Crippen LogP contribution >= 0.6 is 0 Å². The Hall–Kier alpha value is -1.71. The summed E-state index contributed by atoms with van der Waals surface area (Å²) in [5.41, 5.74) is -0.238. The highest BCUT2D eigenvalue weighted by molar-refractivity contribution is 5.82. The highest BCUT2D eigenvalue weighted by Gasteiger charge is 2.33. The van der Waals surface area contributed by atoms with Crippen LogP contribution < -0.4 is 15.2 Å². The van der Waals surface area contributed by atoms with Gasteiger partial charge in [0, 0.05) is 0 Å². The molecule has 0 spiro atoms. The minimum Gasteiger partial charge on any atom is -0.548 e. The molecule has 1 saturated carbocycles. The third-order valence-electron chi connectivity index (χ3n) is 3.58. The van der Waals surface area contributed by atoms with Crippen molar-refractivity contribution in [1.82, 2.24) is 0 Å². The van der Waals surface area contributed by atoms with E-state index in [0.29, 0.717) is 24.3 Å². The normalized spacial score (nSPS) is 18.1. The highest BCUT2D eigenvalue weighted by Crippen LogP contribution is 2.34. The molecule has 18 heavy (non-hydrogen) atoms. The lowest BCUT2D eigenvalue weighted by molar-refractivity contribution is -0.313. The molecule has 0 aliphatic heterocycles. The fourth-order valence-electron chi connectivity index (χ4n) is 2.54. The maximum atomic E-state index is 11.5. The second-order valence-electron chi connectivity index (χ2n) is 4.76. The predicted octanol–water partition coefficient (Wildman–Crippen LogP) is 1.56. The standard InChI is InChI=1S/C14H19NO3/c1-18-12-8-4-3-7-11(12)15-14(13(16)17)9-5-2-6-10-14/h3-4,7-8,15H,2,5-6,9-10H2,1H3,(H,16,17)/p-1. The molecule has 2 rings (SSSR count). The zero-order valence-electron chi connectivity index (χ0n) is 10.6. The Morgan fingerprint density at radius 1 is 1.28 bits per heavy atom. The zero-order chi connectivity index (χ0) is 13.0. The number of methoxy groups -OCH3 is 1. The van der Waals surface area contributed by atoms with Gasteiger partial charge in [0.2, 0.25) is 0 Å². The molecule has 4 nitrogen and oxygen atoms in total. The lowest BCUT2D eigenvalue weighted by Crippen LogP contribution is -2.55. The van der Waals surface area contributed by atoms with Crippen molar-refractivity contribution in [1.29, 1.82) is 0 Å².